The number of rotatable bonds is 10. The van der Waals surface area contributed by atoms with E-state index in [9.17, 15) is 4.79 Å². The smallest absolute Gasteiger partial charge is 0.223 e. The van der Waals surface area contributed by atoms with Gasteiger partial charge in [-0.2, -0.15) is 0 Å². The molecule has 1 aliphatic carbocycles. The summed E-state index contributed by atoms with van der Waals surface area (Å²) in [5, 5.41) is 11.8. The van der Waals surface area contributed by atoms with Gasteiger partial charge in [0.1, 0.15) is 0 Å². The predicted molar refractivity (Wildman–Crippen MR) is 122 cm³/mol. The number of halogens is 1. The van der Waals surface area contributed by atoms with Gasteiger partial charge in [0.05, 0.1) is 0 Å². The van der Waals surface area contributed by atoms with Crippen LogP contribution in [-0.4, -0.2) is 38.0 Å². The van der Waals surface area contributed by atoms with Crippen LogP contribution in [0, 0.1) is 11.8 Å². The van der Waals surface area contributed by atoms with Crippen LogP contribution in [0.3, 0.4) is 0 Å². The molecule has 1 atom stereocenters. The number of carbonyl (C=O) groups excluding carboxylic acids is 1. The molecule has 0 aromatic carbocycles. The fourth-order valence-electron chi connectivity index (χ4n) is 2.75. The second-order valence-electron chi connectivity index (χ2n) is 6.81. The van der Waals surface area contributed by atoms with Crippen molar-refractivity contribution in [3.05, 3.63) is 22.4 Å². The zero-order valence-corrected chi connectivity index (χ0v) is 19.1. The summed E-state index contributed by atoms with van der Waals surface area (Å²) in [5.74, 6) is 1.90. The summed E-state index contributed by atoms with van der Waals surface area (Å²) >= 11 is 1.81. The molecular weight excluding hydrogens is 459 g/mol. The molecule has 1 amide bonds. The highest BCUT2D eigenvalue weighted by atomic mass is 127. The van der Waals surface area contributed by atoms with E-state index < -0.39 is 0 Å². The van der Waals surface area contributed by atoms with Crippen molar-refractivity contribution in [3.8, 4) is 0 Å². The van der Waals surface area contributed by atoms with E-state index in [4.69, 9.17) is 0 Å². The van der Waals surface area contributed by atoms with Crippen LogP contribution in [0.25, 0.3) is 0 Å². The van der Waals surface area contributed by atoms with Gasteiger partial charge in [0.15, 0.2) is 5.96 Å². The third-order valence-corrected chi connectivity index (χ3v) is 5.35. The molecule has 5 nitrogen and oxygen atoms in total. The minimum Gasteiger partial charge on any atom is -0.357 e. The molecule has 2 rings (SSSR count). The second kappa shape index (κ2) is 13.4. The second-order valence-corrected chi connectivity index (χ2v) is 7.84. The molecular formula is C19H33IN4OS. The van der Waals surface area contributed by atoms with Crippen molar-refractivity contribution < 1.29 is 4.79 Å². The molecule has 148 valence electrons. The maximum absolute atomic E-state index is 11.8. The lowest BCUT2D eigenvalue weighted by atomic mass is 9.85. The lowest BCUT2D eigenvalue weighted by molar-refractivity contribution is -0.127. The Hall–Kier alpha value is -0.830. The first-order valence-corrected chi connectivity index (χ1v) is 10.4. The summed E-state index contributed by atoms with van der Waals surface area (Å²) in [6.45, 7) is 7.52. The van der Waals surface area contributed by atoms with Crippen molar-refractivity contribution in [2.24, 2.45) is 16.8 Å². The maximum atomic E-state index is 11.8. The van der Waals surface area contributed by atoms with Gasteiger partial charge in [-0.25, -0.2) is 0 Å². The number of amides is 1. The summed E-state index contributed by atoms with van der Waals surface area (Å²) in [7, 11) is 0. The van der Waals surface area contributed by atoms with Gasteiger partial charge < -0.3 is 16.0 Å². The van der Waals surface area contributed by atoms with Crippen LogP contribution >= 0.6 is 35.3 Å². The first-order valence-electron chi connectivity index (χ1n) is 9.51. The fourth-order valence-corrected chi connectivity index (χ4v) is 3.62. The Morgan fingerprint density at radius 3 is 2.69 bits per heavy atom. The normalized spacial score (nSPS) is 15.5. The molecule has 1 aromatic heterocycles. The highest BCUT2D eigenvalue weighted by molar-refractivity contribution is 14.0. The van der Waals surface area contributed by atoms with Crippen LogP contribution in [0.1, 0.15) is 44.4 Å². The van der Waals surface area contributed by atoms with Gasteiger partial charge in [0.2, 0.25) is 5.91 Å². The molecule has 1 aromatic rings. The average Bonchev–Trinajstić information content (AvgIpc) is 3.03. The van der Waals surface area contributed by atoms with Gasteiger partial charge in [-0.3, -0.25) is 9.79 Å². The van der Waals surface area contributed by atoms with Crippen LogP contribution in [0.5, 0.6) is 0 Å². The maximum Gasteiger partial charge on any atom is 0.223 e. The topological polar surface area (TPSA) is 65.5 Å². The van der Waals surface area contributed by atoms with E-state index in [2.05, 4.69) is 52.3 Å². The average molecular weight is 492 g/mol. The molecule has 1 fully saturated rings. The van der Waals surface area contributed by atoms with E-state index in [1.54, 1.807) is 0 Å². The predicted octanol–water partition coefficient (Wildman–Crippen LogP) is 3.41. The molecule has 1 unspecified atom stereocenters. The van der Waals surface area contributed by atoms with E-state index in [-0.39, 0.29) is 35.8 Å². The number of hydrogen-bond donors (Lipinski definition) is 3. The van der Waals surface area contributed by atoms with E-state index in [0.717, 1.165) is 57.8 Å². The number of hydrogen-bond acceptors (Lipinski definition) is 3. The summed E-state index contributed by atoms with van der Waals surface area (Å²) in [4.78, 5) is 17.9. The van der Waals surface area contributed by atoms with Crippen molar-refractivity contribution in [2.75, 3.05) is 26.2 Å². The zero-order valence-electron chi connectivity index (χ0n) is 15.9. The molecule has 1 heterocycles. The van der Waals surface area contributed by atoms with Crippen molar-refractivity contribution in [1.29, 1.82) is 0 Å². The highest BCUT2D eigenvalue weighted by Gasteiger charge is 2.24. The van der Waals surface area contributed by atoms with Gasteiger partial charge in [0.25, 0.3) is 0 Å². The van der Waals surface area contributed by atoms with Crippen LogP contribution in [0.15, 0.2) is 22.5 Å². The molecule has 0 spiro atoms. The summed E-state index contributed by atoms with van der Waals surface area (Å²) in [5.41, 5.74) is 0. The first-order chi connectivity index (χ1) is 12.2. The number of carbonyl (C=O) groups is 1. The SMILES string of the molecule is CCNC(=NCC(C)Cc1cccs1)NCCCNC(=O)C1CCC1.I. The molecule has 0 aliphatic heterocycles. The molecule has 0 radical (unpaired) electrons. The Balaban J connectivity index is 0.00000338. The van der Waals surface area contributed by atoms with Crippen molar-refractivity contribution in [2.45, 2.75) is 46.0 Å². The molecule has 0 bridgehead atoms. The van der Waals surface area contributed by atoms with Gasteiger partial charge in [-0.1, -0.05) is 19.4 Å². The van der Waals surface area contributed by atoms with Gasteiger partial charge >= 0.3 is 0 Å². The van der Waals surface area contributed by atoms with Crippen molar-refractivity contribution in [3.63, 3.8) is 0 Å². The number of nitrogens with zero attached hydrogens (tertiary/aromatic N) is 1. The Labute approximate surface area is 178 Å². The molecule has 7 heteroatoms. The summed E-state index contributed by atoms with van der Waals surface area (Å²) in [6.07, 6.45) is 5.31. The van der Waals surface area contributed by atoms with Crippen LogP contribution in [-0.2, 0) is 11.2 Å². The fraction of sp³-hybridized carbons (Fsp3) is 0.684. The molecule has 0 saturated heterocycles. The zero-order chi connectivity index (χ0) is 17.9. The van der Waals surface area contributed by atoms with E-state index in [1.165, 1.54) is 11.3 Å². The lowest BCUT2D eigenvalue weighted by Crippen LogP contribution is -2.40. The highest BCUT2D eigenvalue weighted by Crippen LogP contribution is 2.26. The summed E-state index contributed by atoms with van der Waals surface area (Å²) in [6, 6.07) is 4.29. The van der Waals surface area contributed by atoms with E-state index in [0.29, 0.717) is 5.92 Å². The minimum atomic E-state index is 0. The third kappa shape index (κ3) is 8.70. The molecule has 3 N–H and O–H groups in total. The van der Waals surface area contributed by atoms with Gasteiger partial charge in [-0.05, 0) is 50.0 Å². The molecule has 1 aliphatic rings. The third-order valence-electron chi connectivity index (χ3n) is 4.46. The van der Waals surface area contributed by atoms with E-state index in [1.807, 2.05) is 11.3 Å². The first kappa shape index (κ1) is 23.2. The van der Waals surface area contributed by atoms with Gasteiger partial charge in [-0.15, -0.1) is 35.3 Å². The number of aliphatic imine (C=N–C) groups is 1. The van der Waals surface area contributed by atoms with Crippen molar-refractivity contribution in [1.82, 2.24) is 16.0 Å². The number of guanidine groups is 1. The number of nitrogens with one attached hydrogen (secondary N) is 3. The van der Waals surface area contributed by atoms with Crippen molar-refractivity contribution >= 4 is 47.2 Å². The minimum absolute atomic E-state index is 0. The lowest BCUT2D eigenvalue weighted by Gasteiger charge is -2.24. The summed E-state index contributed by atoms with van der Waals surface area (Å²) < 4.78 is 0. The number of thiophene rings is 1. The van der Waals surface area contributed by atoms with Crippen LogP contribution in [0.4, 0.5) is 0 Å². The Morgan fingerprint density at radius 2 is 2.08 bits per heavy atom. The molecule has 26 heavy (non-hydrogen) atoms. The molecule has 1 saturated carbocycles. The Morgan fingerprint density at radius 1 is 1.31 bits per heavy atom. The largest absolute Gasteiger partial charge is 0.357 e. The standard InChI is InChI=1S/C19H32N4OS.HI/c1-3-20-19(23-14-15(2)13-17-9-5-12-25-17)22-11-6-10-21-18(24)16-7-4-8-16;/h5,9,12,15-16H,3-4,6-8,10-11,13-14H2,1-2H3,(H,21,24)(H2,20,22,23);1H. The monoisotopic (exact) mass is 492 g/mol. The van der Waals surface area contributed by atoms with Gasteiger partial charge in [0, 0.05) is 37.0 Å². The van der Waals surface area contributed by atoms with Crippen LogP contribution in [0.2, 0.25) is 0 Å². The van der Waals surface area contributed by atoms with E-state index >= 15 is 0 Å². The van der Waals surface area contributed by atoms with Crippen LogP contribution < -0.4 is 16.0 Å². The quantitative estimate of drug-likeness (QED) is 0.203. The Kier molecular flexibility index (Phi) is 11.9. The Bertz CT molecular complexity index is 532.